The van der Waals surface area contributed by atoms with Crippen molar-refractivity contribution in [2.24, 2.45) is 0 Å². The number of benzene rings is 3. The third-order valence-corrected chi connectivity index (χ3v) is 6.01. The molecule has 4 nitrogen and oxygen atoms in total. The first-order valence-corrected chi connectivity index (χ1v) is 10.3. The van der Waals surface area contributed by atoms with E-state index in [1.807, 2.05) is 44.3 Å². The highest BCUT2D eigenvalue weighted by molar-refractivity contribution is 6.11. The first kappa shape index (κ1) is 19.0. The summed E-state index contributed by atoms with van der Waals surface area (Å²) in [5.74, 6) is 0. The number of nitriles is 1. The largest absolute Gasteiger partial charge is 0.276 e. The summed E-state index contributed by atoms with van der Waals surface area (Å²) in [4.78, 5) is 4.62. The monoisotopic (exact) mass is 402 g/mol. The van der Waals surface area contributed by atoms with Gasteiger partial charge in [0.15, 0.2) is 0 Å². The van der Waals surface area contributed by atoms with Crippen LogP contribution in [0.15, 0.2) is 72.9 Å². The van der Waals surface area contributed by atoms with Crippen molar-refractivity contribution in [2.75, 3.05) is 0 Å². The van der Waals surface area contributed by atoms with E-state index in [1.165, 1.54) is 11.1 Å². The lowest BCUT2D eigenvalue weighted by Crippen LogP contribution is -2.13. The number of aromatic amines is 1. The highest BCUT2D eigenvalue weighted by Crippen LogP contribution is 2.35. The molecule has 0 aliphatic carbocycles. The molecule has 0 fully saturated rings. The van der Waals surface area contributed by atoms with E-state index >= 15 is 0 Å². The topological polar surface area (TPSA) is 65.4 Å². The number of hydrogen-bond donors (Lipinski definition) is 1. The first-order chi connectivity index (χ1) is 15.0. The predicted molar refractivity (Wildman–Crippen MR) is 126 cm³/mol. The minimum Gasteiger partial charge on any atom is -0.276 e. The van der Waals surface area contributed by atoms with Crippen molar-refractivity contribution in [3.05, 3.63) is 84.1 Å². The van der Waals surface area contributed by atoms with Crippen LogP contribution in [0.2, 0.25) is 0 Å². The van der Waals surface area contributed by atoms with Crippen LogP contribution < -0.4 is 0 Å². The van der Waals surface area contributed by atoms with E-state index in [4.69, 9.17) is 0 Å². The molecule has 31 heavy (non-hydrogen) atoms. The van der Waals surface area contributed by atoms with Gasteiger partial charge in [0.05, 0.1) is 28.7 Å². The minimum absolute atomic E-state index is 0.523. The third-order valence-electron chi connectivity index (χ3n) is 6.01. The van der Waals surface area contributed by atoms with Crippen molar-refractivity contribution in [3.8, 4) is 28.5 Å². The second-order valence-electron chi connectivity index (χ2n) is 8.48. The number of pyridine rings is 1. The van der Waals surface area contributed by atoms with E-state index in [-0.39, 0.29) is 0 Å². The maximum absolute atomic E-state index is 9.43. The average Bonchev–Trinajstić information content (AvgIpc) is 3.24. The third kappa shape index (κ3) is 3.15. The van der Waals surface area contributed by atoms with Crippen LogP contribution in [0.3, 0.4) is 0 Å². The van der Waals surface area contributed by atoms with Crippen LogP contribution in [0, 0.1) is 18.3 Å². The fraction of sp³-hybridized carbons (Fsp3) is 0.148. The Hall–Kier alpha value is -3.97. The van der Waals surface area contributed by atoms with Crippen LogP contribution in [0.1, 0.15) is 25.0 Å². The highest BCUT2D eigenvalue weighted by atomic mass is 15.1. The Morgan fingerprint density at radius 2 is 1.68 bits per heavy atom. The van der Waals surface area contributed by atoms with Crippen molar-refractivity contribution >= 4 is 21.8 Å². The van der Waals surface area contributed by atoms with Crippen LogP contribution in [0.5, 0.6) is 0 Å². The Labute approximate surface area is 181 Å². The summed E-state index contributed by atoms with van der Waals surface area (Å²) in [6.45, 7) is 5.99. The number of hydrogen-bond acceptors (Lipinski definition) is 3. The molecule has 1 N–H and O–H groups in total. The second kappa shape index (κ2) is 7.07. The molecule has 0 atom stereocenters. The van der Waals surface area contributed by atoms with Gasteiger partial charge < -0.3 is 0 Å². The normalized spacial score (nSPS) is 11.7. The number of nitrogens with zero attached hydrogens (tertiary/aromatic N) is 3. The van der Waals surface area contributed by atoms with Gasteiger partial charge in [-0.3, -0.25) is 10.1 Å². The van der Waals surface area contributed by atoms with Gasteiger partial charge in [-0.25, -0.2) is 0 Å². The van der Waals surface area contributed by atoms with E-state index in [0.29, 0.717) is 0 Å². The lowest BCUT2D eigenvalue weighted by Gasteiger charge is -2.15. The smallest absolute Gasteiger partial charge is 0.101 e. The van der Waals surface area contributed by atoms with Gasteiger partial charge in [-0.05, 0) is 55.2 Å². The van der Waals surface area contributed by atoms with Crippen molar-refractivity contribution in [1.82, 2.24) is 15.2 Å². The average molecular weight is 403 g/mol. The number of aryl methyl sites for hydroxylation is 1. The number of aromatic nitrogens is 3. The highest BCUT2D eigenvalue weighted by Gasteiger charge is 2.20. The van der Waals surface area contributed by atoms with Crippen LogP contribution in [0.4, 0.5) is 0 Å². The summed E-state index contributed by atoms with van der Waals surface area (Å²) in [6, 6.07) is 25.3. The molecule has 5 rings (SSSR count). The zero-order valence-corrected chi connectivity index (χ0v) is 17.8. The summed E-state index contributed by atoms with van der Waals surface area (Å²) < 4.78 is 0. The molecule has 0 amide bonds. The maximum Gasteiger partial charge on any atom is 0.101 e. The molecule has 150 valence electrons. The molecule has 0 bridgehead atoms. The molecule has 0 spiro atoms. The van der Waals surface area contributed by atoms with Crippen LogP contribution in [-0.2, 0) is 5.41 Å². The zero-order valence-electron chi connectivity index (χ0n) is 17.8. The van der Waals surface area contributed by atoms with Crippen LogP contribution in [-0.4, -0.2) is 15.2 Å². The Morgan fingerprint density at radius 1 is 0.935 bits per heavy atom. The van der Waals surface area contributed by atoms with Crippen molar-refractivity contribution in [1.29, 1.82) is 5.26 Å². The Bertz CT molecular complexity index is 1470. The van der Waals surface area contributed by atoms with Crippen LogP contribution in [0.25, 0.3) is 44.2 Å². The standard InChI is InChI=1S/C27H22N4/c1-17-6-4-5-7-21(17)19-10-13-23-22(14-19)25-24(15-29-23)30-31-26(25)18-8-11-20(12-9-18)27(2,3)16-28/h4-15H,1-3H3,(H,30,31). The quantitative estimate of drug-likeness (QED) is 0.372. The van der Waals surface area contributed by atoms with E-state index in [1.54, 1.807) is 0 Å². The van der Waals surface area contributed by atoms with E-state index in [0.717, 1.165) is 44.2 Å². The van der Waals surface area contributed by atoms with Crippen LogP contribution >= 0.6 is 0 Å². The Balaban J connectivity index is 1.71. The fourth-order valence-corrected chi connectivity index (χ4v) is 4.09. The van der Waals surface area contributed by atoms with E-state index in [9.17, 15) is 5.26 Å². The second-order valence-corrected chi connectivity index (χ2v) is 8.48. The summed E-state index contributed by atoms with van der Waals surface area (Å²) in [7, 11) is 0. The molecule has 0 unspecified atom stereocenters. The van der Waals surface area contributed by atoms with Gasteiger partial charge >= 0.3 is 0 Å². The number of nitrogens with one attached hydrogen (secondary N) is 1. The molecule has 0 saturated carbocycles. The van der Waals surface area contributed by atoms with Crippen molar-refractivity contribution < 1.29 is 0 Å². The molecule has 5 aromatic rings. The van der Waals surface area contributed by atoms with Gasteiger partial charge in [-0.15, -0.1) is 0 Å². The van der Waals surface area contributed by atoms with Crippen molar-refractivity contribution in [3.63, 3.8) is 0 Å². The molecule has 0 aliphatic heterocycles. The minimum atomic E-state index is -0.523. The molecule has 0 aliphatic rings. The molecule has 4 heteroatoms. The van der Waals surface area contributed by atoms with Gasteiger partial charge in [-0.1, -0.05) is 54.6 Å². The molecular formula is C27H22N4. The van der Waals surface area contributed by atoms with E-state index in [2.05, 4.69) is 70.6 Å². The Morgan fingerprint density at radius 3 is 2.42 bits per heavy atom. The SMILES string of the molecule is Cc1ccccc1-c1ccc2ncc3[nH]nc(-c4ccc(C(C)(C)C#N)cc4)c3c2c1. The fourth-order valence-electron chi connectivity index (χ4n) is 4.09. The number of H-pyrrole nitrogens is 1. The molecule has 3 aromatic carbocycles. The Kier molecular flexibility index (Phi) is 4.34. The molecule has 0 saturated heterocycles. The summed E-state index contributed by atoms with van der Waals surface area (Å²) >= 11 is 0. The summed E-state index contributed by atoms with van der Waals surface area (Å²) in [6.07, 6.45) is 1.84. The van der Waals surface area contributed by atoms with Gasteiger partial charge in [0.2, 0.25) is 0 Å². The lowest BCUT2D eigenvalue weighted by molar-refractivity contribution is 0.687. The van der Waals surface area contributed by atoms with Gasteiger partial charge in [0, 0.05) is 16.3 Å². The molecule has 2 aromatic heterocycles. The van der Waals surface area contributed by atoms with Gasteiger partial charge in [-0.2, -0.15) is 10.4 Å². The zero-order chi connectivity index (χ0) is 21.6. The predicted octanol–water partition coefficient (Wildman–Crippen LogP) is 6.55. The maximum atomic E-state index is 9.43. The van der Waals surface area contributed by atoms with Crippen molar-refractivity contribution in [2.45, 2.75) is 26.2 Å². The lowest BCUT2D eigenvalue weighted by atomic mass is 9.86. The molecule has 0 radical (unpaired) electrons. The molecule has 2 heterocycles. The van der Waals surface area contributed by atoms with E-state index < -0.39 is 5.41 Å². The van der Waals surface area contributed by atoms with Gasteiger partial charge in [0.25, 0.3) is 0 Å². The number of rotatable bonds is 3. The molecular weight excluding hydrogens is 380 g/mol. The first-order valence-electron chi connectivity index (χ1n) is 10.3. The van der Waals surface area contributed by atoms with Gasteiger partial charge in [0.1, 0.15) is 5.69 Å². The summed E-state index contributed by atoms with van der Waals surface area (Å²) in [5, 5.41) is 19.3. The summed E-state index contributed by atoms with van der Waals surface area (Å²) in [5.41, 5.74) is 7.85. The number of fused-ring (bicyclic) bond motifs is 3.